The molecule has 276 valence electrons. The lowest BCUT2D eigenvalue weighted by Crippen LogP contribution is -2.75. The monoisotopic (exact) mass is 766 g/mol. The Morgan fingerprint density at radius 2 is 0.729 bits per heavy atom. The van der Waals surface area contributed by atoms with Crippen LogP contribution in [-0.2, 0) is 0 Å². The number of hydrogen-bond acceptors (Lipinski definition) is 2. The van der Waals surface area contributed by atoms with Gasteiger partial charge in [0.15, 0.2) is 8.07 Å². The molecule has 0 radical (unpaired) electrons. The maximum Gasteiger partial charge on any atom is 0.252 e. The van der Waals surface area contributed by atoms with E-state index in [-0.39, 0.29) is 12.6 Å². The van der Waals surface area contributed by atoms with Crippen molar-refractivity contribution in [2.75, 3.05) is 9.80 Å². The topological polar surface area (TPSA) is 6.48 Å². The number of hydrogen-bond donors (Lipinski definition) is 0. The SMILES string of the molecule is c1ccc(C2c3cccc4c3B3c5c2cc([Si](c2ccccc2)(c2ccccc2)c2ccccc2)cc5N(c2ccccc2)c2cccc(c23)N4c2ccccc2)cc1. The molecule has 4 heteroatoms. The summed E-state index contributed by atoms with van der Waals surface area (Å²) in [5, 5.41) is 5.51. The highest BCUT2D eigenvalue weighted by Gasteiger charge is 2.51. The van der Waals surface area contributed by atoms with Crippen LogP contribution in [0, 0.1) is 0 Å². The molecule has 0 bridgehead atoms. The Balaban J connectivity index is 1.27. The molecular formula is C55H39BN2Si. The molecule has 9 aromatic rings. The molecule has 0 amide bonds. The quantitative estimate of drug-likeness (QED) is 0.119. The number of nitrogens with zero attached hydrogens (tertiary/aromatic N) is 2. The van der Waals surface area contributed by atoms with Crippen LogP contribution in [0.1, 0.15) is 22.6 Å². The molecule has 0 fully saturated rings. The minimum absolute atomic E-state index is 0.0205. The Morgan fingerprint density at radius 3 is 1.24 bits per heavy atom. The van der Waals surface area contributed by atoms with Gasteiger partial charge in [0.05, 0.1) is 0 Å². The van der Waals surface area contributed by atoms with Crippen LogP contribution in [-0.4, -0.2) is 14.8 Å². The molecule has 2 nitrogen and oxygen atoms in total. The normalized spacial score (nSPS) is 14.5. The van der Waals surface area contributed by atoms with Crippen LogP contribution >= 0.6 is 0 Å². The van der Waals surface area contributed by atoms with Crippen molar-refractivity contribution in [2.45, 2.75) is 5.92 Å². The van der Waals surface area contributed by atoms with Crippen LogP contribution in [0.15, 0.2) is 231 Å². The Hall–Kier alpha value is -7.14. The predicted molar refractivity (Wildman–Crippen MR) is 251 cm³/mol. The Labute approximate surface area is 347 Å². The molecule has 12 rings (SSSR count). The largest absolute Gasteiger partial charge is 0.311 e. The van der Waals surface area contributed by atoms with E-state index in [0.29, 0.717) is 0 Å². The van der Waals surface area contributed by atoms with E-state index in [0.717, 1.165) is 5.69 Å². The number of anilines is 6. The minimum atomic E-state index is -2.94. The first-order valence-corrected chi connectivity index (χ1v) is 22.7. The van der Waals surface area contributed by atoms with E-state index in [1.165, 1.54) is 82.3 Å². The lowest BCUT2D eigenvalue weighted by molar-refractivity contribution is 0.983. The number of para-hydroxylation sites is 2. The van der Waals surface area contributed by atoms with E-state index < -0.39 is 8.07 Å². The van der Waals surface area contributed by atoms with Gasteiger partial charge in [-0.3, -0.25) is 0 Å². The summed E-state index contributed by atoms with van der Waals surface area (Å²) in [6.07, 6.45) is 0. The van der Waals surface area contributed by atoms with Gasteiger partial charge in [-0.1, -0.05) is 182 Å². The van der Waals surface area contributed by atoms with Crippen molar-refractivity contribution < 1.29 is 0 Å². The van der Waals surface area contributed by atoms with E-state index in [1.54, 1.807) is 0 Å². The second-order valence-corrected chi connectivity index (χ2v) is 19.8. The van der Waals surface area contributed by atoms with Gasteiger partial charge in [-0.15, -0.1) is 0 Å². The highest BCUT2D eigenvalue weighted by molar-refractivity contribution is 7.20. The maximum absolute atomic E-state index is 2.94. The smallest absolute Gasteiger partial charge is 0.252 e. The first-order chi connectivity index (χ1) is 29.3. The van der Waals surface area contributed by atoms with Crippen LogP contribution in [0.3, 0.4) is 0 Å². The predicted octanol–water partition coefficient (Wildman–Crippen LogP) is 8.64. The fraction of sp³-hybridized carbons (Fsp3) is 0.0182. The Kier molecular flexibility index (Phi) is 7.76. The van der Waals surface area contributed by atoms with Crippen LogP contribution in [0.2, 0.25) is 0 Å². The second-order valence-electron chi connectivity index (χ2n) is 16.0. The van der Waals surface area contributed by atoms with Gasteiger partial charge >= 0.3 is 0 Å². The van der Waals surface area contributed by atoms with Crippen LogP contribution in [0.5, 0.6) is 0 Å². The maximum atomic E-state index is 2.66. The van der Waals surface area contributed by atoms with Gasteiger partial charge in [0.25, 0.3) is 6.71 Å². The first-order valence-electron chi connectivity index (χ1n) is 20.7. The molecular weight excluding hydrogens is 728 g/mol. The number of rotatable bonds is 7. The summed E-state index contributed by atoms with van der Waals surface area (Å²) in [5.41, 5.74) is 15.6. The van der Waals surface area contributed by atoms with E-state index in [4.69, 9.17) is 0 Å². The molecule has 1 unspecified atom stereocenters. The zero-order chi connectivity index (χ0) is 38.9. The fourth-order valence-electron chi connectivity index (χ4n) is 10.8. The summed E-state index contributed by atoms with van der Waals surface area (Å²) >= 11 is 0. The van der Waals surface area contributed by atoms with Crippen LogP contribution in [0.25, 0.3) is 0 Å². The molecule has 1 atom stereocenters. The zero-order valence-corrected chi connectivity index (χ0v) is 33.5. The van der Waals surface area contributed by atoms with Crippen molar-refractivity contribution in [1.29, 1.82) is 0 Å². The number of benzene rings is 9. The summed E-state index contributed by atoms with van der Waals surface area (Å²) in [7, 11) is -2.94. The molecule has 59 heavy (non-hydrogen) atoms. The van der Waals surface area contributed by atoms with Gasteiger partial charge in [-0.25, -0.2) is 0 Å². The molecule has 0 spiro atoms. The molecule has 0 saturated carbocycles. The summed E-state index contributed by atoms with van der Waals surface area (Å²) in [4.78, 5) is 5.10. The molecule has 0 N–H and O–H groups in total. The van der Waals surface area contributed by atoms with Crippen molar-refractivity contribution in [3.8, 4) is 0 Å². The third-order valence-electron chi connectivity index (χ3n) is 13.0. The Morgan fingerprint density at radius 1 is 0.322 bits per heavy atom. The lowest BCUT2D eigenvalue weighted by Gasteiger charge is -2.49. The van der Waals surface area contributed by atoms with Gasteiger partial charge < -0.3 is 9.80 Å². The third-order valence-corrected chi connectivity index (χ3v) is 17.8. The van der Waals surface area contributed by atoms with Crippen molar-refractivity contribution >= 4 is 86.0 Å². The average Bonchev–Trinajstić information content (AvgIpc) is 3.31. The van der Waals surface area contributed by atoms with Crippen LogP contribution in [0.4, 0.5) is 34.1 Å². The van der Waals surface area contributed by atoms with Crippen molar-refractivity contribution in [1.82, 2.24) is 0 Å². The highest BCUT2D eigenvalue weighted by atomic mass is 28.3. The van der Waals surface area contributed by atoms with Gasteiger partial charge in [0.2, 0.25) is 0 Å². The van der Waals surface area contributed by atoms with E-state index >= 15 is 0 Å². The summed E-state index contributed by atoms with van der Waals surface area (Å²) < 4.78 is 0. The summed E-state index contributed by atoms with van der Waals surface area (Å²) in [5.74, 6) is 0.0205. The van der Waals surface area contributed by atoms with Gasteiger partial charge in [0.1, 0.15) is 0 Å². The lowest BCUT2D eigenvalue weighted by atomic mass is 9.29. The highest BCUT2D eigenvalue weighted by Crippen LogP contribution is 2.48. The van der Waals surface area contributed by atoms with Gasteiger partial charge in [0, 0.05) is 40.0 Å². The van der Waals surface area contributed by atoms with Crippen molar-refractivity contribution in [3.63, 3.8) is 0 Å². The van der Waals surface area contributed by atoms with E-state index in [2.05, 4.69) is 240 Å². The van der Waals surface area contributed by atoms with Crippen molar-refractivity contribution in [2.24, 2.45) is 0 Å². The average molecular weight is 767 g/mol. The molecule has 3 heterocycles. The zero-order valence-electron chi connectivity index (χ0n) is 32.5. The standard InChI is InChI=1S/C55H39BN2Si/c1-7-21-39(22-8-1)52-46-33-19-34-48-53(46)56-54-47(52)37-45(59(42-27-13-4-14-28-42,43-29-15-5-16-30-43)44-31-17-6-18-32-44)38-51(54)58(41-25-11-3-12-26-41)50-36-20-35-49(55(50)56)57(48)40-23-9-2-10-24-40/h1-38,52H. The first kappa shape index (κ1) is 34.0. The molecule has 0 aliphatic carbocycles. The third kappa shape index (κ3) is 4.94. The molecule has 9 aromatic carbocycles. The van der Waals surface area contributed by atoms with Gasteiger partial charge in [-0.2, -0.15) is 0 Å². The molecule has 3 aliphatic heterocycles. The Bertz CT molecular complexity index is 2780. The van der Waals surface area contributed by atoms with Crippen molar-refractivity contribution in [3.05, 3.63) is 247 Å². The minimum Gasteiger partial charge on any atom is -0.311 e. The molecule has 0 saturated heterocycles. The molecule has 0 aromatic heterocycles. The molecule has 3 aliphatic rings. The second kappa shape index (κ2) is 13.5. The summed E-state index contributed by atoms with van der Waals surface area (Å²) in [6, 6.07) is 86.6. The van der Waals surface area contributed by atoms with Crippen LogP contribution < -0.4 is 46.9 Å². The van der Waals surface area contributed by atoms with Gasteiger partial charge in [-0.05, 0) is 102 Å². The summed E-state index contributed by atoms with van der Waals surface area (Å²) in [6.45, 7) is 0.0626. The fourth-order valence-corrected chi connectivity index (χ4v) is 15.6. The van der Waals surface area contributed by atoms with E-state index in [1.807, 2.05) is 0 Å². The van der Waals surface area contributed by atoms with E-state index in [9.17, 15) is 0 Å².